The molecule has 1 atom stereocenters. The molecule has 1 unspecified atom stereocenters. The number of rotatable bonds is 7. The molecule has 0 fully saturated rings. The summed E-state index contributed by atoms with van der Waals surface area (Å²) in [5.74, 6) is 1.42. The third-order valence-electron chi connectivity index (χ3n) is 3.78. The van der Waals surface area contributed by atoms with Crippen molar-refractivity contribution in [3.63, 3.8) is 0 Å². The molecule has 2 aromatic rings. The molecule has 24 heavy (non-hydrogen) atoms. The molecule has 0 aliphatic rings. The Morgan fingerprint density at radius 3 is 2.58 bits per heavy atom. The number of nitrogens with zero attached hydrogens (tertiary/aromatic N) is 2. The Hall–Kier alpha value is -2.56. The quantitative estimate of drug-likeness (QED) is 0.607. The molecule has 0 spiro atoms. The average molecular weight is 326 g/mol. The van der Waals surface area contributed by atoms with Crippen LogP contribution in [0.15, 0.2) is 53.7 Å². The van der Waals surface area contributed by atoms with Crippen LogP contribution in [-0.2, 0) is 13.0 Å². The summed E-state index contributed by atoms with van der Waals surface area (Å²) < 4.78 is 5.06. The van der Waals surface area contributed by atoms with Crippen molar-refractivity contribution in [1.29, 1.82) is 0 Å². The molecule has 2 N–H and O–H groups in total. The molecule has 0 aliphatic heterocycles. The lowest BCUT2D eigenvalue weighted by Crippen LogP contribution is -2.42. The van der Waals surface area contributed by atoms with Crippen LogP contribution < -0.4 is 15.4 Å². The second-order valence-corrected chi connectivity index (χ2v) is 5.70. The first-order valence-corrected chi connectivity index (χ1v) is 8.21. The topological polar surface area (TPSA) is 58.5 Å². The lowest BCUT2D eigenvalue weighted by Gasteiger charge is -2.18. The number of pyridine rings is 1. The summed E-state index contributed by atoms with van der Waals surface area (Å²) in [6.07, 6.45) is 3.90. The molecule has 128 valence electrons. The fourth-order valence-electron chi connectivity index (χ4n) is 2.35. The SMILES string of the molecule is CN=C(NCc1ccc(OC)nc1)NC(C)CCc1ccccc1. The molecule has 0 radical (unpaired) electrons. The minimum atomic E-state index is 0.338. The van der Waals surface area contributed by atoms with Gasteiger partial charge in [-0.15, -0.1) is 0 Å². The van der Waals surface area contributed by atoms with Crippen LogP contribution in [0.5, 0.6) is 5.88 Å². The van der Waals surface area contributed by atoms with E-state index in [4.69, 9.17) is 4.74 Å². The van der Waals surface area contributed by atoms with Gasteiger partial charge in [-0.2, -0.15) is 0 Å². The zero-order valence-electron chi connectivity index (χ0n) is 14.6. The molecule has 1 aromatic carbocycles. The number of hydrogen-bond donors (Lipinski definition) is 2. The normalized spacial score (nSPS) is 12.5. The van der Waals surface area contributed by atoms with E-state index in [0.717, 1.165) is 24.4 Å². The predicted molar refractivity (Wildman–Crippen MR) is 98.3 cm³/mol. The first-order valence-electron chi connectivity index (χ1n) is 8.21. The first kappa shape index (κ1) is 17.8. The smallest absolute Gasteiger partial charge is 0.212 e. The Morgan fingerprint density at radius 2 is 1.96 bits per heavy atom. The van der Waals surface area contributed by atoms with Gasteiger partial charge in [0.1, 0.15) is 0 Å². The van der Waals surface area contributed by atoms with Crippen molar-refractivity contribution in [2.24, 2.45) is 4.99 Å². The molecular formula is C19H26N4O. The van der Waals surface area contributed by atoms with Crippen molar-refractivity contribution in [1.82, 2.24) is 15.6 Å². The Balaban J connectivity index is 1.76. The van der Waals surface area contributed by atoms with Gasteiger partial charge < -0.3 is 15.4 Å². The van der Waals surface area contributed by atoms with Crippen LogP contribution in [0.2, 0.25) is 0 Å². The second-order valence-electron chi connectivity index (χ2n) is 5.70. The van der Waals surface area contributed by atoms with Crippen molar-refractivity contribution in [3.8, 4) is 5.88 Å². The Kier molecular flexibility index (Phi) is 7.08. The molecule has 0 bridgehead atoms. The number of ether oxygens (including phenoxy) is 1. The summed E-state index contributed by atoms with van der Waals surface area (Å²) in [5, 5.41) is 6.73. The summed E-state index contributed by atoms with van der Waals surface area (Å²) in [6, 6.07) is 14.7. The highest BCUT2D eigenvalue weighted by molar-refractivity contribution is 5.79. The number of methoxy groups -OCH3 is 1. The molecule has 0 saturated carbocycles. The minimum absolute atomic E-state index is 0.338. The molecule has 0 saturated heterocycles. The number of guanidine groups is 1. The van der Waals surface area contributed by atoms with E-state index < -0.39 is 0 Å². The summed E-state index contributed by atoms with van der Waals surface area (Å²) in [4.78, 5) is 8.48. The van der Waals surface area contributed by atoms with Crippen LogP contribution in [0, 0.1) is 0 Å². The molecule has 0 amide bonds. The largest absolute Gasteiger partial charge is 0.481 e. The molecular weight excluding hydrogens is 300 g/mol. The Labute approximate surface area is 144 Å². The van der Waals surface area contributed by atoms with E-state index in [1.54, 1.807) is 20.4 Å². The summed E-state index contributed by atoms with van der Waals surface area (Å²) in [6.45, 7) is 2.84. The predicted octanol–water partition coefficient (Wildman–Crippen LogP) is 2.78. The Bertz CT molecular complexity index is 626. The van der Waals surface area contributed by atoms with Crippen LogP contribution in [0.25, 0.3) is 0 Å². The minimum Gasteiger partial charge on any atom is -0.481 e. The highest BCUT2D eigenvalue weighted by atomic mass is 16.5. The highest BCUT2D eigenvalue weighted by Gasteiger charge is 2.06. The molecule has 1 aromatic heterocycles. The van der Waals surface area contributed by atoms with Crippen molar-refractivity contribution >= 4 is 5.96 Å². The van der Waals surface area contributed by atoms with Gasteiger partial charge in [0.05, 0.1) is 7.11 Å². The molecule has 5 heteroatoms. The zero-order valence-corrected chi connectivity index (χ0v) is 14.6. The van der Waals surface area contributed by atoms with Crippen molar-refractivity contribution in [2.75, 3.05) is 14.2 Å². The molecule has 0 aliphatic carbocycles. The summed E-state index contributed by atoms with van der Waals surface area (Å²) in [5.41, 5.74) is 2.44. The van der Waals surface area contributed by atoms with Gasteiger partial charge in [0, 0.05) is 31.9 Å². The third-order valence-corrected chi connectivity index (χ3v) is 3.78. The van der Waals surface area contributed by atoms with Crippen molar-refractivity contribution < 1.29 is 4.74 Å². The monoisotopic (exact) mass is 326 g/mol. The van der Waals surface area contributed by atoms with Crippen LogP contribution in [-0.4, -0.2) is 31.1 Å². The number of hydrogen-bond acceptors (Lipinski definition) is 3. The molecule has 1 heterocycles. The summed E-state index contributed by atoms with van der Waals surface area (Å²) >= 11 is 0. The summed E-state index contributed by atoms with van der Waals surface area (Å²) in [7, 11) is 3.40. The number of aromatic nitrogens is 1. The maximum Gasteiger partial charge on any atom is 0.212 e. The maximum absolute atomic E-state index is 5.06. The van der Waals surface area contributed by atoms with Gasteiger partial charge in [0.15, 0.2) is 5.96 Å². The van der Waals surface area contributed by atoms with Gasteiger partial charge in [0.2, 0.25) is 5.88 Å². The van der Waals surface area contributed by atoms with Crippen molar-refractivity contribution in [3.05, 3.63) is 59.8 Å². The molecule has 5 nitrogen and oxygen atoms in total. The van der Waals surface area contributed by atoms with Gasteiger partial charge in [0.25, 0.3) is 0 Å². The van der Waals surface area contributed by atoms with Crippen LogP contribution >= 0.6 is 0 Å². The van der Waals surface area contributed by atoms with E-state index in [1.165, 1.54) is 5.56 Å². The zero-order chi connectivity index (χ0) is 17.2. The fraction of sp³-hybridized carbons (Fsp3) is 0.368. The van der Waals surface area contributed by atoms with E-state index in [0.29, 0.717) is 18.5 Å². The lowest BCUT2D eigenvalue weighted by atomic mass is 10.1. The van der Waals surface area contributed by atoms with Gasteiger partial charge >= 0.3 is 0 Å². The number of aryl methyl sites for hydroxylation is 1. The van der Waals surface area contributed by atoms with E-state index in [-0.39, 0.29) is 0 Å². The molecule has 2 rings (SSSR count). The fourth-order valence-corrected chi connectivity index (χ4v) is 2.35. The van der Waals surface area contributed by atoms with E-state index in [2.05, 4.69) is 51.8 Å². The van der Waals surface area contributed by atoms with Gasteiger partial charge in [-0.05, 0) is 30.9 Å². The average Bonchev–Trinajstić information content (AvgIpc) is 2.64. The standard InChI is InChI=1S/C19H26N4O/c1-15(9-10-16-7-5-4-6-8-16)23-19(20-2)22-14-17-11-12-18(24-3)21-13-17/h4-8,11-13,15H,9-10,14H2,1-3H3,(H2,20,22,23). The lowest BCUT2D eigenvalue weighted by molar-refractivity contribution is 0.397. The third kappa shape index (κ3) is 5.91. The second kappa shape index (κ2) is 9.55. The van der Waals surface area contributed by atoms with Gasteiger partial charge in [-0.3, -0.25) is 4.99 Å². The van der Waals surface area contributed by atoms with Crippen LogP contribution in [0.3, 0.4) is 0 Å². The van der Waals surface area contributed by atoms with Gasteiger partial charge in [-0.25, -0.2) is 4.98 Å². The number of aliphatic imine (C=N–C) groups is 1. The maximum atomic E-state index is 5.06. The first-order chi connectivity index (χ1) is 11.7. The van der Waals surface area contributed by atoms with E-state index >= 15 is 0 Å². The van der Waals surface area contributed by atoms with E-state index in [1.807, 2.05) is 18.2 Å². The number of nitrogens with one attached hydrogen (secondary N) is 2. The van der Waals surface area contributed by atoms with Gasteiger partial charge in [-0.1, -0.05) is 36.4 Å². The van der Waals surface area contributed by atoms with Crippen molar-refractivity contribution in [2.45, 2.75) is 32.4 Å². The van der Waals surface area contributed by atoms with E-state index in [9.17, 15) is 0 Å². The van der Waals surface area contributed by atoms with Crippen LogP contribution in [0.4, 0.5) is 0 Å². The Morgan fingerprint density at radius 1 is 1.17 bits per heavy atom. The highest BCUT2D eigenvalue weighted by Crippen LogP contribution is 2.07. The van der Waals surface area contributed by atoms with Crippen LogP contribution in [0.1, 0.15) is 24.5 Å². The number of benzene rings is 1.